The molecule has 0 aliphatic carbocycles. The molecule has 0 spiro atoms. The van der Waals surface area contributed by atoms with E-state index in [-0.39, 0.29) is 0 Å². The molecule has 0 amide bonds. The number of hydrogen-bond donors (Lipinski definition) is 0. The highest BCUT2D eigenvalue weighted by atomic mass is 16.1. The average molecular weight is 210 g/mol. The third-order valence-corrected chi connectivity index (χ3v) is 2.07. The molecule has 0 saturated heterocycles. The number of rotatable bonds is 3. The van der Waals surface area contributed by atoms with Crippen molar-refractivity contribution in [3.05, 3.63) is 60.2 Å². The van der Waals surface area contributed by atoms with Crippen LogP contribution in [0.4, 0.5) is 11.4 Å². The van der Waals surface area contributed by atoms with Crippen molar-refractivity contribution in [1.82, 2.24) is 0 Å². The highest BCUT2D eigenvalue weighted by molar-refractivity contribution is 5.75. The topological polar surface area (TPSA) is 41.8 Å². The Hall–Kier alpha value is -2.29. The molecule has 0 unspecified atom stereocenters. The second kappa shape index (κ2) is 4.98. The van der Waals surface area contributed by atoms with Crippen LogP contribution in [-0.2, 0) is 0 Å². The molecule has 0 N–H and O–H groups in total. The van der Waals surface area contributed by atoms with Crippen molar-refractivity contribution >= 4 is 17.7 Å². The third kappa shape index (κ3) is 2.60. The Morgan fingerprint density at radius 3 is 1.88 bits per heavy atom. The summed E-state index contributed by atoms with van der Waals surface area (Å²) in [6.07, 6.45) is 0.804. The van der Waals surface area contributed by atoms with Crippen molar-refractivity contribution in [3.63, 3.8) is 0 Å². The maximum Gasteiger partial charge on any atom is 0.150 e. The first-order valence-corrected chi connectivity index (χ1v) is 4.90. The van der Waals surface area contributed by atoms with Gasteiger partial charge in [-0.2, -0.15) is 10.2 Å². The highest BCUT2D eigenvalue weighted by Crippen LogP contribution is 2.17. The largest absolute Gasteiger partial charge is 0.298 e. The molecule has 0 radical (unpaired) electrons. The monoisotopic (exact) mass is 210 g/mol. The van der Waals surface area contributed by atoms with Crippen LogP contribution in [0.15, 0.2) is 64.8 Å². The summed E-state index contributed by atoms with van der Waals surface area (Å²) in [5, 5.41) is 8.13. The standard InChI is InChI=1S/C13H10N2O/c16-10-11-6-8-13(9-7-11)15-14-12-4-2-1-3-5-12/h1-10H/b15-14+. The van der Waals surface area contributed by atoms with Crippen LogP contribution in [0.1, 0.15) is 10.4 Å². The van der Waals surface area contributed by atoms with E-state index in [1.807, 2.05) is 30.3 Å². The molecule has 78 valence electrons. The molecule has 2 aromatic rings. The van der Waals surface area contributed by atoms with E-state index in [4.69, 9.17) is 0 Å². The summed E-state index contributed by atoms with van der Waals surface area (Å²) in [5.74, 6) is 0. The molecule has 0 saturated carbocycles. The summed E-state index contributed by atoms with van der Waals surface area (Å²) < 4.78 is 0. The van der Waals surface area contributed by atoms with Crippen molar-refractivity contribution in [1.29, 1.82) is 0 Å². The Bertz CT molecular complexity index is 489. The second-order valence-electron chi connectivity index (χ2n) is 3.24. The minimum atomic E-state index is 0.638. The lowest BCUT2D eigenvalue weighted by Gasteiger charge is -1.93. The molecule has 0 aliphatic heterocycles. The zero-order valence-corrected chi connectivity index (χ0v) is 8.58. The van der Waals surface area contributed by atoms with Crippen molar-refractivity contribution in [2.75, 3.05) is 0 Å². The zero-order valence-electron chi connectivity index (χ0n) is 8.58. The van der Waals surface area contributed by atoms with Gasteiger partial charge in [-0.15, -0.1) is 0 Å². The van der Waals surface area contributed by atoms with Gasteiger partial charge in [-0.25, -0.2) is 0 Å². The van der Waals surface area contributed by atoms with Crippen LogP contribution < -0.4 is 0 Å². The summed E-state index contributed by atoms with van der Waals surface area (Å²) in [7, 11) is 0. The van der Waals surface area contributed by atoms with Crippen LogP contribution in [0.2, 0.25) is 0 Å². The smallest absolute Gasteiger partial charge is 0.150 e. The van der Waals surface area contributed by atoms with Crippen LogP contribution in [-0.4, -0.2) is 6.29 Å². The number of benzene rings is 2. The maximum absolute atomic E-state index is 10.4. The molecule has 2 rings (SSSR count). The fourth-order valence-electron chi connectivity index (χ4n) is 1.23. The van der Waals surface area contributed by atoms with Crippen LogP contribution in [0.3, 0.4) is 0 Å². The predicted molar refractivity (Wildman–Crippen MR) is 62.4 cm³/mol. The van der Waals surface area contributed by atoms with Gasteiger partial charge in [0.25, 0.3) is 0 Å². The van der Waals surface area contributed by atoms with E-state index in [1.54, 1.807) is 24.3 Å². The molecule has 0 heterocycles. The average Bonchev–Trinajstić information content (AvgIpc) is 2.38. The lowest BCUT2D eigenvalue weighted by Crippen LogP contribution is -1.75. The Morgan fingerprint density at radius 2 is 1.31 bits per heavy atom. The van der Waals surface area contributed by atoms with E-state index in [9.17, 15) is 4.79 Å². The SMILES string of the molecule is O=Cc1ccc(/N=N/c2ccccc2)cc1. The molecule has 0 aliphatic rings. The third-order valence-electron chi connectivity index (χ3n) is 2.07. The van der Waals surface area contributed by atoms with Crippen LogP contribution in [0, 0.1) is 0 Å². The lowest BCUT2D eigenvalue weighted by molar-refractivity contribution is 0.112. The number of nitrogens with zero attached hydrogens (tertiary/aromatic N) is 2. The van der Waals surface area contributed by atoms with Gasteiger partial charge in [-0.1, -0.05) is 18.2 Å². The zero-order chi connectivity index (χ0) is 11.2. The Balaban J connectivity index is 2.14. The van der Waals surface area contributed by atoms with E-state index < -0.39 is 0 Å². The Labute approximate surface area is 93.5 Å². The van der Waals surface area contributed by atoms with E-state index in [2.05, 4.69) is 10.2 Å². The van der Waals surface area contributed by atoms with Gasteiger partial charge >= 0.3 is 0 Å². The van der Waals surface area contributed by atoms with E-state index in [0.717, 1.165) is 17.7 Å². The van der Waals surface area contributed by atoms with Crippen LogP contribution >= 0.6 is 0 Å². The summed E-state index contributed by atoms with van der Waals surface area (Å²) >= 11 is 0. The number of hydrogen-bond acceptors (Lipinski definition) is 3. The quantitative estimate of drug-likeness (QED) is 0.559. The van der Waals surface area contributed by atoms with Gasteiger partial charge in [0.1, 0.15) is 6.29 Å². The van der Waals surface area contributed by atoms with Gasteiger partial charge in [0.2, 0.25) is 0 Å². The molecule has 3 heteroatoms. The molecular weight excluding hydrogens is 200 g/mol. The fraction of sp³-hybridized carbons (Fsp3) is 0. The molecule has 2 aromatic carbocycles. The normalized spacial score (nSPS) is 10.5. The molecule has 0 bridgehead atoms. The number of aldehydes is 1. The summed E-state index contributed by atoms with van der Waals surface area (Å²) in [6, 6.07) is 16.4. The van der Waals surface area contributed by atoms with Gasteiger partial charge in [-0.05, 0) is 36.4 Å². The molecule has 3 nitrogen and oxygen atoms in total. The highest BCUT2D eigenvalue weighted by Gasteiger charge is 1.91. The van der Waals surface area contributed by atoms with Gasteiger partial charge in [0.15, 0.2) is 0 Å². The maximum atomic E-state index is 10.4. The minimum absolute atomic E-state index is 0.638. The summed E-state index contributed by atoms with van der Waals surface area (Å²) in [6.45, 7) is 0. The Kier molecular flexibility index (Phi) is 3.18. The predicted octanol–water partition coefficient (Wildman–Crippen LogP) is 3.91. The van der Waals surface area contributed by atoms with E-state index in [0.29, 0.717) is 5.56 Å². The molecule has 0 aromatic heterocycles. The molecular formula is C13H10N2O. The summed E-state index contributed by atoms with van der Waals surface area (Å²) in [4.78, 5) is 10.4. The minimum Gasteiger partial charge on any atom is -0.298 e. The number of carbonyl (C=O) groups excluding carboxylic acids is 1. The number of carbonyl (C=O) groups is 1. The first kappa shape index (κ1) is 10.2. The molecule has 0 fully saturated rings. The van der Waals surface area contributed by atoms with Crippen molar-refractivity contribution in [2.45, 2.75) is 0 Å². The van der Waals surface area contributed by atoms with Crippen LogP contribution in [0.5, 0.6) is 0 Å². The van der Waals surface area contributed by atoms with E-state index in [1.165, 1.54) is 0 Å². The lowest BCUT2D eigenvalue weighted by atomic mass is 10.2. The first-order chi connectivity index (χ1) is 7.88. The second-order valence-corrected chi connectivity index (χ2v) is 3.24. The number of azo groups is 1. The molecule has 0 atom stereocenters. The van der Waals surface area contributed by atoms with Gasteiger partial charge in [0, 0.05) is 5.56 Å². The fourth-order valence-corrected chi connectivity index (χ4v) is 1.23. The van der Waals surface area contributed by atoms with Crippen molar-refractivity contribution in [2.24, 2.45) is 10.2 Å². The van der Waals surface area contributed by atoms with E-state index >= 15 is 0 Å². The van der Waals surface area contributed by atoms with Crippen molar-refractivity contribution in [3.8, 4) is 0 Å². The Morgan fingerprint density at radius 1 is 0.750 bits per heavy atom. The molecule has 16 heavy (non-hydrogen) atoms. The van der Waals surface area contributed by atoms with Gasteiger partial charge < -0.3 is 0 Å². The van der Waals surface area contributed by atoms with Gasteiger partial charge in [0.05, 0.1) is 11.4 Å². The summed E-state index contributed by atoms with van der Waals surface area (Å²) in [5.41, 5.74) is 2.18. The van der Waals surface area contributed by atoms with Crippen molar-refractivity contribution < 1.29 is 4.79 Å². The van der Waals surface area contributed by atoms with Crippen LogP contribution in [0.25, 0.3) is 0 Å². The first-order valence-electron chi connectivity index (χ1n) is 4.90. The van der Waals surface area contributed by atoms with Gasteiger partial charge in [-0.3, -0.25) is 4.79 Å².